The van der Waals surface area contributed by atoms with Crippen LogP contribution in [0.1, 0.15) is 35.4 Å². The summed E-state index contributed by atoms with van der Waals surface area (Å²) in [5.74, 6) is 0.286. The average molecular weight is 337 g/mol. The van der Waals surface area contributed by atoms with Gasteiger partial charge >= 0.3 is 0 Å². The van der Waals surface area contributed by atoms with Crippen LogP contribution in [0, 0.1) is 20.8 Å². The van der Waals surface area contributed by atoms with Crippen LogP contribution in [0.3, 0.4) is 0 Å². The third-order valence-corrected chi connectivity index (χ3v) is 4.63. The van der Waals surface area contributed by atoms with Crippen LogP contribution in [-0.2, 0) is 11.8 Å². The van der Waals surface area contributed by atoms with Crippen LogP contribution in [0.2, 0.25) is 0 Å². The standard InChI is InChI=1S/C19H23N5O/c1-12-8-6-7-9-16(12)24-17(10-11-20-24)21-19(25)13(2)18-14(3)22-23(5)15(18)4/h6-11,13H,1-5H3,(H,21,25). The predicted octanol–water partition coefficient (Wildman–Crippen LogP) is 3.27. The summed E-state index contributed by atoms with van der Waals surface area (Å²) in [6.45, 7) is 7.84. The highest BCUT2D eigenvalue weighted by molar-refractivity contribution is 5.95. The molecular weight excluding hydrogens is 314 g/mol. The number of nitrogens with zero attached hydrogens (tertiary/aromatic N) is 4. The normalized spacial score (nSPS) is 12.2. The third-order valence-electron chi connectivity index (χ3n) is 4.63. The van der Waals surface area contributed by atoms with E-state index in [1.165, 1.54) is 0 Å². The first-order valence-electron chi connectivity index (χ1n) is 8.31. The largest absolute Gasteiger partial charge is 0.310 e. The molecule has 0 radical (unpaired) electrons. The Morgan fingerprint density at radius 2 is 1.88 bits per heavy atom. The number of carbonyl (C=O) groups excluding carboxylic acids is 1. The minimum atomic E-state index is -0.297. The van der Waals surface area contributed by atoms with Gasteiger partial charge in [0.15, 0.2) is 0 Å². The molecule has 1 amide bonds. The molecule has 3 aromatic rings. The number of anilines is 1. The van der Waals surface area contributed by atoms with E-state index in [1.54, 1.807) is 16.9 Å². The quantitative estimate of drug-likeness (QED) is 0.794. The summed E-state index contributed by atoms with van der Waals surface area (Å²) < 4.78 is 3.56. The number of amides is 1. The van der Waals surface area contributed by atoms with Crippen molar-refractivity contribution in [2.75, 3.05) is 5.32 Å². The molecule has 0 fully saturated rings. The number of para-hydroxylation sites is 1. The Labute approximate surface area is 147 Å². The molecule has 3 rings (SSSR count). The zero-order valence-corrected chi connectivity index (χ0v) is 15.2. The van der Waals surface area contributed by atoms with Crippen LogP contribution < -0.4 is 5.32 Å². The first kappa shape index (κ1) is 17.0. The number of hydrogen-bond donors (Lipinski definition) is 1. The van der Waals surface area contributed by atoms with Crippen molar-refractivity contribution in [1.29, 1.82) is 0 Å². The predicted molar refractivity (Wildman–Crippen MR) is 98.0 cm³/mol. The van der Waals surface area contributed by atoms with Crippen molar-refractivity contribution < 1.29 is 4.79 Å². The fraction of sp³-hybridized carbons (Fsp3) is 0.316. The molecule has 1 N–H and O–H groups in total. The van der Waals surface area contributed by atoms with E-state index in [9.17, 15) is 4.79 Å². The molecule has 0 aliphatic rings. The molecule has 6 nitrogen and oxygen atoms in total. The van der Waals surface area contributed by atoms with Gasteiger partial charge < -0.3 is 5.32 Å². The van der Waals surface area contributed by atoms with E-state index in [-0.39, 0.29) is 11.8 Å². The number of carbonyl (C=O) groups is 1. The molecule has 2 aromatic heterocycles. The van der Waals surface area contributed by atoms with Crippen LogP contribution in [0.5, 0.6) is 0 Å². The van der Waals surface area contributed by atoms with Gasteiger partial charge in [0.2, 0.25) is 5.91 Å². The van der Waals surface area contributed by atoms with E-state index in [0.717, 1.165) is 28.2 Å². The zero-order chi connectivity index (χ0) is 18.1. The molecule has 0 spiro atoms. The van der Waals surface area contributed by atoms with E-state index in [0.29, 0.717) is 5.82 Å². The number of rotatable bonds is 4. The van der Waals surface area contributed by atoms with Gasteiger partial charge in [-0.1, -0.05) is 18.2 Å². The summed E-state index contributed by atoms with van der Waals surface area (Å²) in [5, 5.41) is 11.8. The molecular formula is C19H23N5O. The summed E-state index contributed by atoms with van der Waals surface area (Å²) in [5.41, 5.74) is 4.91. The minimum absolute atomic E-state index is 0.0745. The molecule has 25 heavy (non-hydrogen) atoms. The van der Waals surface area contributed by atoms with Gasteiger partial charge in [-0.15, -0.1) is 0 Å². The van der Waals surface area contributed by atoms with Crippen LogP contribution in [-0.4, -0.2) is 25.5 Å². The fourth-order valence-corrected chi connectivity index (χ4v) is 3.17. The molecule has 2 heterocycles. The van der Waals surface area contributed by atoms with E-state index >= 15 is 0 Å². The monoisotopic (exact) mass is 337 g/mol. The van der Waals surface area contributed by atoms with Crippen molar-refractivity contribution in [3.8, 4) is 5.69 Å². The molecule has 6 heteroatoms. The van der Waals surface area contributed by atoms with Gasteiger partial charge in [0.1, 0.15) is 5.82 Å². The first-order chi connectivity index (χ1) is 11.9. The molecule has 0 aliphatic carbocycles. The van der Waals surface area contributed by atoms with E-state index in [2.05, 4.69) is 15.5 Å². The highest BCUT2D eigenvalue weighted by atomic mass is 16.2. The Balaban J connectivity index is 1.88. The number of aryl methyl sites for hydroxylation is 3. The van der Waals surface area contributed by atoms with E-state index in [4.69, 9.17) is 0 Å². The average Bonchev–Trinajstić information content (AvgIpc) is 3.12. The first-order valence-corrected chi connectivity index (χ1v) is 8.31. The second-order valence-corrected chi connectivity index (χ2v) is 6.33. The van der Waals surface area contributed by atoms with Gasteiger partial charge in [-0.05, 0) is 39.3 Å². The van der Waals surface area contributed by atoms with Crippen LogP contribution >= 0.6 is 0 Å². The lowest BCUT2D eigenvalue weighted by Crippen LogP contribution is -2.21. The lowest BCUT2D eigenvalue weighted by molar-refractivity contribution is -0.117. The molecule has 130 valence electrons. The maximum absolute atomic E-state index is 12.8. The SMILES string of the molecule is Cc1ccccc1-n1nccc1NC(=O)C(C)c1c(C)nn(C)c1C. The Bertz CT molecular complexity index is 922. The van der Waals surface area contributed by atoms with Crippen molar-refractivity contribution in [3.63, 3.8) is 0 Å². The molecule has 1 atom stereocenters. The molecule has 1 unspecified atom stereocenters. The topological polar surface area (TPSA) is 64.7 Å². The number of aromatic nitrogens is 4. The van der Waals surface area contributed by atoms with E-state index in [1.807, 2.05) is 63.7 Å². The summed E-state index contributed by atoms with van der Waals surface area (Å²) >= 11 is 0. The van der Waals surface area contributed by atoms with Crippen molar-refractivity contribution in [2.24, 2.45) is 7.05 Å². The van der Waals surface area contributed by atoms with Gasteiger partial charge in [0.25, 0.3) is 0 Å². The highest BCUT2D eigenvalue weighted by Gasteiger charge is 2.23. The molecule has 0 saturated carbocycles. The number of hydrogen-bond acceptors (Lipinski definition) is 3. The van der Waals surface area contributed by atoms with E-state index < -0.39 is 0 Å². The Morgan fingerprint density at radius 1 is 1.16 bits per heavy atom. The van der Waals surface area contributed by atoms with Crippen molar-refractivity contribution in [3.05, 3.63) is 59.0 Å². The van der Waals surface area contributed by atoms with Gasteiger partial charge in [0.05, 0.1) is 23.5 Å². The van der Waals surface area contributed by atoms with Crippen molar-refractivity contribution >= 4 is 11.7 Å². The zero-order valence-electron chi connectivity index (χ0n) is 15.2. The van der Waals surface area contributed by atoms with Crippen LogP contribution in [0.4, 0.5) is 5.82 Å². The van der Waals surface area contributed by atoms with Crippen molar-refractivity contribution in [2.45, 2.75) is 33.6 Å². The third kappa shape index (κ3) is 3.07. The van der Waals surface area contributed by atoms with Gasteiger partial charge in [0, 0.05) is 24.4 Å². The lowest BCUT2D eigenvalue weighted by atomic mass is 9.98. The molecule has 0 aliphatic heterocycles. The maximum atomic E-state index is 12.8. The summed E-state index contributed by atoms with van der Waals surface area (Å²) in [6, 6.07) is 9.75. The Morgan fingerprint density at radius 3 is 2.52 bits per heavy atom. The highest BCUT2D eigenvalue weighted by Crippen LogP contribution is 2.25. The second-order valence-electron chi connectivity index (χ2n) is 6.33. The van der Waals surface area contributed by atoms with Crippen LogP contribution in [0.25, 0.3) is 5.69 Å². The fourth-order valence-electron chi connectivity index (χ4n) is 3.17. The van der Waals surface area contributed by atoms with Gasteiger partial charge in [-0.2, -0.15) is 10.2 Å². The number of benzene rings is 1. The Hall–Kier alpha value is -2.89. The smallest absolute Gasteiger partial charge is 0.232 e. The summed E-state index contributed by atoms with van der Waals surface area (Å²) in [4.78, 5) is 12.8. The van der Waals surface area contributed by atoms with Crippen molar-refractivity contribution in [1.82, 2.24) is 19.6 Å². The van der Waals surface area contributed by atoms with Gasteiger partial charge in [-0.25, -0.2) is 4.68 Å². The number of nitrogens with one attached hydrogen (secondary N) is 1. The molecule has 0 saturated heterocycles. The maximum Gasteiger partial charge on any atom is 0.232 e. The second kappa shape index (κ2) is 6.55. The molecule has 0 bridgehead atoms. The summed E-state index contributed by atoms with van der Waals surface area (Å²) in [7, 11) is 1.89. The summed E-state index contributed by atoms with van der Waals surface area (Å²) in [6.07, 6.45) is 1.69. The minimum Gasteiger partial charge on any atom is -0.310 e. The van der Waals surface area contributed by atoms with Crippen LogP contribution in [0.15, 0.2) is 36.5 Å². The lowest BCUT2D eigenvalue weighted by Gasteiger charge is -2.15. The van der Waals surface area contributed by atoms with Gasteiger partial charge in [-0.3, -0.25) is 9.48 Å². The molecule has 1 aromatic carbocycles. The Kier molecular flexibility index (Phi) is 4.44.